The second-order valence-corrected chi connectivity index (χ2v) is 5.87. The van der Waals surface area contributed by atoms with Crippen LogP contribution in [0.2, 0.25) is 0 Å². The van der Waals surface area contributed by atoms with Gasteiger partial charge < -0.3 is 26.0 Å². The molecule has 128 valence electrons. The van der Waals surface area contributed by atoms with Gasteiger partial charge in [0.05, 0.1) is 6.10 Å². The molecule has 4 atom stereocenters. The van der Waals surface area contributed by atoms with Crippen molar-refractivity contribution < 1.29 is 19.4 Å². The van der Waals surface area contributed by atoms with Gasteiger partial charge in [-0.05, 0) is 12.0 Å². The van der Waals surface area contributed by atoms with Gasteiger partial charge in [-0.1, -0.05) is 13.8 Å². The average molecular weight is 326 g/mol. The third-order valence-corrected chi connectivity index (χ3v) is 3.75. The highest BCUT2D eigenvalue weighted by molar-refractivity contribution is 5.75. The van der Waals surface area contributed by atoms with Crippen molar-refractivity contribution in [2.75, 3.05) is 12.3 Å². The van der Waals surface area contributed by atoms with Crippen molar-refractivity contribution in [1.29, 1.82) is 0 Å². The first-order chi connectivity index (χ1) is 10.8. The number of hydrogen-bond acceptors (Lipinski definition) is 8. The van der Waals surface area contributed by atoms with Crippen LogP contribution in [0, 0.1) is 5.92 Å². The lowest BCUT2D eigenvalue weighted by Gasteiger charge is -2.18. The second kappa shape index (κ2) is 7.07. The van der Waals surface area contributed by atoms with Crippen LogP contribution in [-0.2, 0) is 14.3 Å². The Balaban J connectivity index is 1.96. The number of esters is 1. The number of nitrogen functional groups attached to an aromatic ring is 1. The van der Waals surface area contributed by atoms with Crippen molar-refractivity contribution in [1.82, 2.24) is 9.55 Å². The minimum absolute atomic E-state index is 0.0518. The number of anilines is 1. The molecule has 0 aliphatic carbocycles. The van der Waals surface area contributed by atoms with Gasteiger partial charge in [0.1, 0.15) is 30.8 Å². The van der Waals surface area contributed by atoms with Crippen LogP contribution >= 0.6 is 0 Å². The van der Waals surface area contributed by atoms with Crippen LogP contribution in [0.25, 0.3) is 0 Å². The first kappa shape index (κ1) is 17.4. The average Bonchev–Trinajstić information content (AvgIpc) is 2.84. The maximum absolute atomic E-state index is 11.8. The van der Waals surface area contributed by atoms with Crippen molar-refractivity contribution in [2.24, 2.45) is 11.7 Å². The number of ether oxygens (including phenoxy) is 2. The summed E-state index contributed by atoms with van der Waals surface area (Å²) in [6, 6.07) is 0.736. The van der Waals surface area contributed by atoms with E-state index in [-0.39, 0.29) is 24.8 Å². The van der Waals surface area contributed by atoms with Crippen molar-refractivity contribution in [3.8, 4) is 0 Å². The molecule has 5 N–H and O–H groups in total. The Hall–Kier alpha value is -1.97. The van der Waals surface area contributed by atoms with Crippen LogP contribution in [0.5, 0.6) is 0 Å². The standard InChI is InChI=1S/C14H22N4O5/c1-7(2)12(16)13(20)22-6-9-8(19)5-11(23-9)18-4-3-10(15)17-14(18)21/h3-4,7-9,11-12,19H,5-6,16H2,1-2H3,(H2,15,17,21)/t8-,9-,11-,12?/m0/s1. The highest BCUT2D eigenvalue weighted by Gasteiger charge is 2.36. The van der Waals surface area contributed by atoms with Gasteiger partial charge in [-0.3, -0.25) is 9.36 Å². The Kier molecular flexibility index (Phi) is 5.34. The lowest BCUT2D eigenvalue weighted by Crippen LogP contribution is -2.39. The zero-order chi connectivity index (χ0) is 17.1. The normalized spacial score (nSPS) is 25.5. The minimum atomic E-state index is -0.868. The van der Waals surface area contributed by atoms with E-state index in [0.29, 0.717) is 0 Å². The van der Waals surface area contributed by atoms with Crippen molar-refractivity contribution in [3.63, 3.8) is 0 Å². The van der Waals surface area contributed by atoms with Crippen molar-refractivity contribution in [3.05, 3.63) is 22.7 Å². The number of aromatic nitrogens is 2. The second-order valence-electron chi connectivity index (χ2n) is 5.87. The molecular formula is C14H22N4O5. The third-order valence-electron chi connectivity index (χ3n) is 3.75. The van der Waals surface area contributed by atoms with Gasteiger partial charge in [-0.25, -0.2) is 4.79 Å². The molecule has 1 aliphatic rings. The molecular weight excluding hydrogens is 304 g/mol. The van der Waals surface area contributed by atoms with Crippen LogP contribution in [-0.4, -0.2) is 45.5 Å². The molecule has 1 aromatic rings. The summed E-state index contributed by atoms with van der Waals surface area (Å²) in [4.78, 5) is 27.1. The van der Waals surface area contributed by atoms with Gasteiger partial charge >= 0.3 is 11.7 Å². The highest BCUT2D eigenvalue weighted by atomic mass is 16.6. The highest BCUT2D eigenvalue weighted by Crippen LogP contribution is 2.27. The summed E-state index contributed by atoms with van der Waals surface area (Å²) in [7, 11) is 0. The summed E-state index contributed by atoms with van der Waals surface area (Å²) in [5.74, 6) is -0.493. The van der Waals surface area contributed by atoms with Crippen LogP contribution in [0.4, 0.5) is 5.82 Å². The number of nitrogens with zero attached hydrogens (tertiary/aromatic N) is 2. The molecule has 23 heavy (non-hydrogen) atoms. The third kappa shape index (κ3) is 4.06. The van der Waals surface area contributed by atoms with E-state index in [1.165, 1.54) is 16.8 Å². The summed E-state index contributed by atoms with van der Waals surface area (Å²) < 4.78 is 11.9. The Bertz CT molecular complexity index is 617. The molecule has 2 rings (SSSR count). The maximum atomic E-state index is 11.8. The SMILES string of the molecule is CC(C)C(N)C(=O)OC[C@@H]1O[C@H](n2ccc(N)nc2=O)C[C@@H]1O. The molecule has 1 aromatic heterocycles. The van der Waals surface area contributed by atoms with E-state index in [4.69, 9.17) is 20.9 Å². The molecule has 1 aliphatic heterocycles. The first-order valence-electron chi connectivity index (χ1n) is 7.40. The summed E-state index contributed by atoms with van der Waals surface area (Å²) in [5.41, 5.74) is 10.6. The van der Waals surface area contributed by atoms with Crippen LogP contribution in [0.15, 0.2) is 17.1 Å². The molecule has 0 saturated carbocycles. The van der Waals surface area contributed by atoms with E-state index in [1.807, 2.05) is 13.8 Å². The number of aliphatic hydroxyl groups excluding tert-OH is 1. The topological polar surface area (TPSA) is 143 Å². The summed E-state index contributed by atoms with van der Waals surface area (Å²) in [5, 5.41) is 10.0. The summed E-state index contributed by atoms with van der Waals surface area (Å²) in [6.45, 7) is 3.49. The smallest absolute Gasteiger partial charge is 0.351 e. The first-order valence-corrected chi connectivity index (χ1v) is 7.40. The van der Waals surface area contributed by atoms with Crippen molar-refractivity contribution in [2.45, 2.75) is 44.7 Å². The van der Waals surface area contributed by atoms with Crippen molar-refractivity contribution >= 4 is 11.8 Å². The van der Waals surface area contributed by atoms with Gasteiger partial charge in [0.15, 0.2) is 0 Å². The monoisotopic (exact) mass is 326 g/mol. The molecule has 9 nitrogen and oxygen atoms in total. The molecule has 1 fully saturated rings. The Morgan fingerprint density at radius 3 is 2.91 bits per heavy atom. The molecule has 9 heteroatoms. The van der Waals surface area contributed by atoms with E-state index in [2.05, 4.69) is 4.98 Å². The van der Waals surface area contributed by atoms with Crippen LogP contribution in [0.1, 0.15) is 26.5 Å². The zero-order valence-corrected chi connectivity index (χ0v) is 13.1. The molecule has 0 bridgehead atoms. The van der Waals surface area contributed by atoms with Crippen LogP contribution in [0.3, 0.4) is 0 Å². The Morgan fingerprint density at radius 1 is 1.61 bits per heavy atom. The summed E-state index contributed by atoms with van der Waals surface area (Å²) >= 11 is 0. The van der Waals surface area contributed by atoms with E-state index >= 15 is 0 Å². The molecule has 0 spiro atoms. The number of carbonyl (C=O) groups excluding carboxylic acids is 1. The molecule has 1 saturated heterocycles. The minimum Gasteiger partial charge on any atom is -0.462 e. The fraction of sp³-hybridized carbons (Fsp3) is 0.643. The van der Waals surface area contributed by atoms with E-state index in [0.717, 1.165) is 0 Å². The number of rotatable bonds is 5. The Labute approximate surface area is 133 Å². The predicted molar refractivity (Wildman–Crippen MR) is 81.2 cm³/mol. The lowest BCUT2D eigenvalue weighted by atomic mass is 10.1. The number of hydrogen-bond donors (Lipinski definition) is 3. The van der Waals surface area contributed by atoms with Gasteiger partial charge in [-0.15, -0.1) is 0 Å². The van der Waals surface area contributed by atoms with Gasteiger partial charge in [0.25, 0.3) is 0 Å². The number of nitrogens with two attached hydrogens (primary N) is 2. The van der Waals surface area contributed by atoms with Gasteiger partial charge in [0, 0.05) is 12.6 Å². The van der Waals surface area contributed by atoms with Gasteiger partial charge in [-0.2, -0.15) is 4.98 Å². The summed E-state index contributed by atoms with van der Waals surface area (Å²) in [6.07, 6.45) is -0.650. The van der Waals surface area contributed by atoms with E-state index in [9.17, 15) is 14.7 Å². The molecule has 2 heterocycles. The van der Waals surface area contributed by atoms with E-state index < -0.39 is 36.1 Å². The molecule has 0 amide bonds. The fourth-order valence-electron chi connectivity index (χ4n) is 2.21. The zero-order valence-electron chi connectivity index (χ0n) is 13.1. The number of aliphatic hydroxyl groups is 1. The maximum Gasteiger partial charge on any atom is 0.351 e. The predicted octanol–water partition coefficient (Wildman–Crippen LogP) is -1.000. The quantitative estimate of drug-likeness (QED) is 0.585. The molecule has 0 radical (unpaired) electrons. The Morgan fingerprint density at radius 2 is 2.30 bits per heavy atom. The largest absolute Gasteiger partial charge is 0.462 e. The number of carbonyl (C=O) groups is 1. The van der Waals surface area contributed by atoms with E-state index in [1.54, 1.807) is 0 Å². The molecule has 0 aromatic carbocycles. The van der Waals surface area contributed by atoms with Gasteiger partial charge in [0.2, 0.25) is 0 Å². The lowest BCUT2D eigenvalue weighted by molar-refractivity contribution is -0.152. The fourth-order valence-corrected chi connectivity index (χ4v) is 2.21. The molecule has 1 unspecified atom stereocenters. The van der Waals surface area contributed by atoms with Crippen LogP contribution < -0.4 is 17.2 Å².